The van der Waals surface area contributed by atoms with Gasteiger partial charge in [0.2, 0.25) is 15.7 Å². The number of aryl methyl sites for hydroxylation is 1. The molecule has 0 saturated heterocycles. The fourth-order valence-corrected chi connectivity index (χ4v) is 4.90. The maximum atomic E-state index is 12.6. The van der Waals surface area contributed by atoms with E-state index >= 15 is 0 Å². The van der Waals surface area contributed by atoms with Gasteiger partial charge in [-0.05, 0) is 30.2 Å². The summed E-state index contributed by atoms with van der Waals surface area (Å²) in [5, 5.41) is 13.5. The summed E-state index contributed by atoms with van der Waals surface area (Å²) in [7, 11) is -3.88. The molecular weight excluding hydrogens is 402 g/mol. The van der Waals surface area contributed by atoms with E-state index in [4.69, 9.17) is 0 Å². The normalized spacial score (nSPS) is 11.2. The lowest BCUT2D eigenvalue weighted by Crippen LogP contribution is -2.14. The summed E-state index contributed by atoms with van der Waals surface area (Å²) in [6.45, 7) is 1.90. The summed E-state index contributed by atoms with van der Waals surface area (Å²) in [6.07, 6.45) is 1.31. The van der Waals surface area contributed by atoms with E-state index in [9.17, 15) is 23.3 Å². The second-order valence-electron chi connectivity index (χ2n) is 5.89. The molecule has 8 nitrogen and oxygen atoms in total. The average molecular weight is 417 g/mol. The fraction of sp³-hybridized carbons (Fsp3) is 0.111. The SMILES string of the molecule is Cc1ccccc1CC(=O)Nc1ncc(S(=O)(=O)c2ccc([N+](=O)[O-])cc2)s1. The van der Waals surface area contributed by atoms with E-state index < -0.39 is 14.8 Å². The van der Waals surface area contributed by atoms with Crippen LogP contribution in [0.15, 0.2) is 63.8 Å². The van der Waals surface area contributed by atoms with Crippen LogP contribution in [0.1, 0.15) is 11.1 Å². The fourth-order valence-electron chi connectivity index (χ4n) is 2.45. The first-order valence-electron chi connectivity index (χ1n) is 8.07. The van der Waals surface area contributed by atoms with Crippen LogP contribution in [0.25, 0.3) is 0 Å². The number of thiazole rings is 1. The summed E-state index contributed by atoms with van der Waals surface area (Å²) < 4.78 is 25.2. The van der Waals surface area contributed by atoms with Gasteiger partial charge < -0.3 is 5.32 Å². The number of amides is 1. The topological polar surface area (TPSA) is 119 Å². The number of carbonyl (C=O) groups is 1. The number of benzene rings is 2. The lowest BCUT2D eigenvalue weighted by molar-refractivity contribution is -0.384. The number of aromatic nitrogens is 1. The molecule has 28 heavy (non-hydrogen) atoms. The largest absolute Gasteiger partial charge is 0.302 e. The van der Waals surface area contributed by atoms with Gasteiger partial charge in [-0.25, -0.2) is 13.4 Å². The Morgan fingerprint density at radius 2 is 1.86 bits per heavy atom. The lowest BCUT2D eigenvalue weighted by Gasteiger charge is -2.05. The van der Waals surface area contributed by atoms with Crippen molar-refractivity contribution in [2.75, 3.05) is 5.32 Å². The molecule has 144 valence electrons. The first-order valence-corrected chi connectivity index (χ1v) is 10.4. The van der Waals surface area contributed by atoms with Crippen LogP contribution in [0.3, 0.4) is 0 Å². The van der Waals surface area contributed by atoms with Gasteiger partial charge in [-0.2, -0.15) is 0 Å². The van der Waals surface area contributed by atoms with Crippen LogP contribution in [-0.2, 0) is 21.1 Å². The van der Waals surface area contributed by atoms with Crippen molar-refractivity contribution in [3.8, 4) is 0 Å². The molecule has 3 rings (SSSR count). The molecule has 0 unspecified atom stereocenters. The number of nitro groups is 1. The Balaban J connectivity index is 1.74. The smallest absolute Gasteiger partial charge is 0.269 e. The monoisotopic (exact) mass is 417 g/mol. The maximum Gasteiger partial charge on any atom is 0.269 e. The van der Waals surface area contributed by atoms with Gasteiger partial charge in [-0.3, -0.25) is 14.9 Å². The van der Waals surface area contributed by atoms with Crippen molar-refractivity contribution in [3.63, 3.8) is 0 Å². The number of carbonyl (C=O) groups excluding carboxylic acids is 1. The molecule has 0 fully saturated rings. The van der Waals surface area contributed by atoms with Crippen LogP contribution in [-0.4, -0.2) is 24.2 Å². The zero-order valence-corrected chi connectivity index (χ0v) is 16.3. The molecule has 0 saturated carbocycles. The van der Waals surface area contributed by atoms with Crippen molar-refractivity contribution < 1.29 is 18.1 Å². The van der Waals surface area contributed by atoms with Crippen LogP contribution in [0, 0.1) is 17.0 Å². The van der Waals surface area contributed by atoms with Gasteiger partial charge in [0.25, 0.3) is 5.69 Å². The van der Waals surface area contributed by atoms with Crippen molar-refractivity contribution in [1.29, 1.82) is 0 Å². The Kier molecular flexibility index (Phi) is 5.52. The molecule has 0 atom stereocenters. The average Bonchev–Trinajstić information content (AvgIpc) is 3.13. The molecule has 0 aliphatic carbocycles. The highest BCUT2D eigenvalue weighted by Crippen LogP contribution is 2.29. The molecule has 0 aliphatic rings. The van der Waals surface area contributed by atoms with Crippen LogP contribution in [0.4, 0.5) is 10.8 Å². The summed E-state index contributed by atoms with van der Waals surface area (Å²) in [5.74, 6) is -0.303. The minimum atomic E-state index is -3.88. The number of nitrogens with one attached hydrogen (secondary N) is 1. The number of nitro benzene ring substituents is 1. The Hall–Kier alpha value is -3.11. The van der Waals surface area contributed by atoms with E-state index in [1.165, 1.54) is 12.1 Å². The van der Waals surface area contributed by atoms with E-state index in [-0.39, 0.29) is 32.3 Å². The van der Waals surface area contributed by atoms with Gasteiger partial charge in [-0.1, -0.05) is 35.6 Å². The number of nitrogens with zero attached hydrogens (tertiary/aromatic N) is 2. The van der Waals surface area contributed by atoms with Gasteiger partial charge in [-0.15, -0.1) is 0 Å². The van der Waals surface area contributed by atoms with E-state index in [0.717, 1.165) is 40.8 Å². The second-order valence-corrected chi connectivity index (χ2v) is 9.10. The molecule has 1 amide bonds. The maximum absolute atomic E-state index is 12.6. The molecule has 1 N–H and O–H groups in total. The Labute approximate surface area is 164 Å². The molecule has 10 heteroatoms. The number of non-ortho nitro benzene ring substituents is 1. The molecular formula is C18H15N3O5S2. The third kappa shape index (κ3) is 4.24. The van der Waals surface area contributed by atoms with Crippen molar-refractivity contribution in [3.05, 3.63) is 76.0 Å². The third-order valence-corrected chi connectivity index (χ3v) is 7.11. The highest BCUT2D eigenvalue weighted by atomic mass is 32.2. The summed E-state index contributed by atoms with van der Waals surface area (Å²) in [5.41, 5.74) is 1.65. The van der Waals surface area contributed by atoms with Gasteiger partial charge in [0, 0.05) is 12.1 Å². The first-order chi connectivity index (χ1) is 13.3. The molecule has 1 aromatic heterocycles. The van der Waals surface area contributed by atoms with E-state index in [0.29, 0.717) is 0 Å². The molecule has 0 radical (unpaired) electrons. The number of rotatable bonds is 6. The zero-order chi connectivity index (χ0) is 20.3. The Morgan fingerprint density at radius 1 is 1.18 bits per heavy atom. The predicted molar refractivity (Wildman–Crippen MR) is 104 cm³/mol. The summed E-state index contributed by atoms with van der Waals surface area (Å²) in [4.78, 5) is 26.2. The number of hydrogen-bond donors (Lipinski definition) is 1. The molecule has 0 spiro atoms. The highest BCUT2D eigenvalue weighted by molar-refractivity contribution is 7.93. The molecule has 1 heterocycles. The second kappa shape index (κ2) is 7.87. The van der Waals surface area contributed by atoms with Crippen LogP contribution in [0.2, 0.25) is 0 Å². The van der Waals surface area contributed by atoms with Crippen LogP contribution >= 0.6 is 11.3 Å². The van der Waals surface area contributed by atoms with Gasteiger partial charge >= 0.3 is 0 Å². The highest BCUT2D eigenvalue weighted by Gasteiger charge is 2.22. The van der Waals surface area contributed by atoms with Crippen molar-refractivity contribution >= 4 is 37.9 Å². The Bertz CT molecular complexity index is 1140. The molecule has 3 aromatic rings. The van der Waals surface area contributed by atoms with Crippen molar-refractivity contribution in [1.82, 2.24) is 4.98 Å². The third-order valence-electron chi connectivity index (χ3n) is 3.97. The number of anilines is 1. The zero-order valence-electron chi connectivity index (χ0n) is 14.7. The van der Waals surface area contributed by atoms with Crippen molar-refractivity contribution in [2.45, 2.75) is 22.4 Å². The van der Waals surface area contributed by atoms with Gasteiger partial charge in [0.1, 0.15) is 4.21 Å². The van der Waals surface area contributed by atoms with Crippen LogP contribution < -0.4 is 5.32 Å². The number of sulfone groups is 1. The Morgan fingerprint density at radius 3 is 2.50 bits per heavy atom. The minimum absolute atomic E-state index is 0.0625. The molecule has 2 aromatic carbocycles. The van der Waals surface area contributed by atoms with E-state index in [1.54, 1.807) is 0 Å². The lowest BCUT2D eigenvalue weighted by atomic mass is 10.1. The van der Waals surface area contributed by atoms with E-state index in [2.05, 4.69) is 10.3 Å². The standard InChI is InChI=1S/C18H15N3O5S2/c1-12-4-2-3-5-13(12)10-16(22)20-18-19-11-17(27-18)28(25,26)15-8-6-14(7-9-15)21(23)24/h2-9,11H,10H2,1H3,(H,19,20,22). The van der Waals surface area contributed by atoms with Gasteiger partial charge in [0.05, 0.1) is 22.4 Å². The quantitative estimate of drug-likeness (QED) is 0.485. The van der Waals surface area contributed by atoms with Crippen molar-refractivity contribution in [2.24, 2.45) is 0 Å². The first kappa shape index (κ1) is 19.6. The predicted octanol–water partition coefficient (Wildman–Crippen LogP) is 3.37. The van der Waals surface area contributed by atoms with Gasteiger partial charge in [0.15, 0.2) is 5.13 Å². The molecule has 0 bridgehead atoms. The van der Waals surface area contributed by atoms with Crippen LogP contribution in [0.5, 0.6) is 0 Å². The van der Waals surface area contributed by atoms with E-state index in [1.807, 2.05) is 31.2 Å². The number of hydrogen-bond acceptors (Lipinski definition) is 7. The molecule has 0 aliphatic heterocycles. The minimum Gasteiger partial charge on any atom is -0.302 e. The summed E-state index contributed by atoms with van der Waals surface area (Å²) >= 11 is 0.823. The summed E-state index contributed by atoms with van der Waals surface area (Å²) in [6, 6.07) is 12.1.